The number of hydrogen-bond donors (Lipinski definition) is 3. The Balaban J connectivity index is 2.33. The summed E-state index contributed by atoms with van der Waals surface area (Å²) in [5.41, 5.74) is 7.65. The third-order valence-electron chi connectivity index (χ3n) is 4.17. The highest BCUT2D eigenvalue weighted by Crippen LogP contribution is 2.28. The molecule has 1 aromatic carbocycles. The van der Waals surface area contributed by atoms with Gasteiger partial charge in [0.1, 0.15) is 17.3 Å². The van der Waals surface area contributed by atoms with E-state index in [1.807, 2.05) is 6.92 Å². The molecule has 2 atom stereocenters. The second-order valence-electron chi connectivity index (χ2n) is 6.54. The molecule has 8 heteroatoms. The van der Waals surface area contributed by atoms with Gasteiger partial charge < -0.3 is 11.1 Å². The molecular formula is C20H24ClFN4OS. The van der Waals surface area contributed by atoms with E-state index in [1.54, 1.807) is 26.0 Å². The summed E-state index contributed by atoms with van der Waals surface area (Å²) in [7, 11) is 0. The summed E-state index contributed by atoms with van der Waals surface area (Å²) in [6.45, 7) is 5.54. The number of nitrogens with zero attached hydrogens (tertiary/aromatic N) is 2. The number of hydrogen-bond acceptors (Lipinski definition) is 4. The van der Waals surface area contributed by atoms with Crippen LogP contribution in [-0.4, -0.2) is 22.0 Å². The minimum atomic E-state index is -0.452. The molecule has 1 heterocycles. The molecule has 2 rings (SSSR count). The van der Waals surface area contributed by atoms with Gasteiger partial charge in [-0.3, -0.25) is 9.79 Å². The number of aliphatic imine (C=N–C) groups is 1. The van der Waals surface area contributed by atoms with Gasteiger partial charge in [0, 0.05) is 17.4 Å². The zero-order valence-electron chi connectivity index (χ0n) is 16.0. The van der Waals surface area contributed by atoms with E-state index in [2.05, 4.69) is 27.9 Å². The number of anilines is 1. The third-order valence-corrected chi connectivity index (χ3v) is 4.64. The first-order chi connectivity index (χ1) is 13.2. The molecule has 2 unspecified atom stereocenters. The molecule has 2 aromatic rings. The lowest BCUT2D eigenvalue weighted by Crippen LogP contribution is -2.23. The summed E-state index contributed by atoms with van der Waals surface area (Å²) in [5, 5.41) is 2.97. The fraction of sp³-hybridized carbons (Fsp3) is 0.350. The predicted molar refractivity (Wildman–Crippen MR) is 116 cm³/mol. The number of amidine groups is 1. The van der Waals surface area contributed by atoms with Crippen molar-refractivity contribution in [3.05, 3.63) is 58.1 Å². The molecule has 0 radical (unpaired) electrons. The van der Waals surface area contributed by atoms with Crippen LogP contribution in [0, 0.1) is 12.7 Å². The minimum Gasteiger partial charge on any atom is -0.387 e. The highest BCUT2D eigenvalue weighted by atomic mass is 35.5. The van der Waals surface area contributed by atoms with Crippen molar-refractivity contribution in [2.24, 2.45) is 10.7 Å². The molecule has 1 amide bonds. The Morgan fingerprint density at radius 3 is 2.75 bits per heavy atom. The fourth-order valence-corrected chi connectivity index (χ4v) is 2.98. The topological polar surface area (TPSA) is 80.4 Å². The summed E-state index contributed by atoms with van der Waals surface area (Å²) < 4.78 is 14.5. The Bertz CT molecular complexity index is 889. The van der Waals surface area contributed by atoms with Gasteiger partial charge >= 0.3 is 0 Å². The Morgan fingerprint density at radius 1 is 1.43 bits per heavy atom. The molecule has 1 aromatic heterocycles. The average Bonchev–Trinajstić information content (AvgIpc) is 2.62. The molecule has 0 aliphatic rings. The quantitative estimate of drug-likeness (QED) is 0.335. The van der Waals surface area contributed by atoms with E-state index in [0.29, 0.717) is 34.1 Å². The van der Waals surface area contributed by atoms with Crippen molar-refractivity contribution in [3.8, 4) is 0 Å². The highest BCUT2D eigenvalue weighted by Gasteiger charge is 2.18. The summed E-state index contributed by atoms with van der Waals surface area (Å²) in [6, 6.07) is 5.60. The van der Waals surface area contributed by atoms with Gasteiger partial charge in [-0.1, -0.05) is 24.9 Å². The summed E-state index contributed by atoms with van der Waals surface area (Å²) >= 11 is 10.2. The van der Waals surface area contributed by atoms with Crippen molar-refractivity contribution in [2.45, 2.75) is 44.9 Å². The van der Waals surface area contributed by atoms with E-state index in [0.717, 1.165) is 6.42 Å². The van der Waals surface area contributed by atoms with Crippen molar-refractivity contribution in [1.29, 1.82) is 0 Å². The molecule has 0 aliphatic carbocycles. The second-order valence-corrected chi connectivity index (χ2v) is 7.75. The molecule has 5 nitrogen and oxygen atoms in total. The van der Waals surface area contributed by atoms with Crippen LogP contribution >= 0.6 is 24.2 Å². The first kappa shape index (κ1) is 22.2. The van der Waals surface area contributed by atoms with Crippen LogP contribution in [0.1, 0.15) is 54.3 Å². The number of rotatable bonds is 7. The van der Waals surface area contributed by atoms with Crippen LogP contribution in [0.25, 0.3) is 0 Å². The number of aryl methyl sites for hydroxylation is 1. The van der Waals surface area contributed by atoms with Crippen LogP contribution in [-0.2, 0) is 0 Å². The molecule has 3 N–H and O–H groups in total. The maximum Gasteiger partial charge on any atom is 0.274 e. The van der Waals surface area contributed by atoms with Crippen molar-refractivity contribution < 1.29 is 9.18 Å². The number of benzene rings is 1. The fourth-order valence-electron chi connectivity index (χ4n) is 2.70. The van der Waals surface area contributed by atoms with Crippen molar-refractivity contribution in [3.63, 3.8) is 0 Å². The molecule has 0 spiro atoms. The minimum absolute atomic E-state index is 0.232. The molecule has 0 aliphatic heterocycles. The Morgan fingerprint density at radius 2 is 2.14 bits per heavy atom. The summed E-state index contributed by atoms with van der Waals surface area (Å²) in [4.78, 5) is 21.0. The lowest BCUT2D eigenvalue weighted by molar-refractivity contribution is 0.102. The first-order valence-corrected chi connectivity index (χ1v) is 9.86. The number of thiol groups is 1. The largest absolute Gasteiger partial charge is 0.387 e. The Labute approximate surface area is 175 Å². The number of nitrogens with two attached hydrogens (primary N) is 1. The maximum atomic E-state index is 14.5. The third kappa shape index (κ3) is 5.69. The standard InChI is InChI=1S/C20H24ClFN4OS/c1-4-5-17(26-19(23)12(3)28)15-9-14(6-7-16(15)22)25-20(27)18-11(2)8-13(21)10-24-18/h6-10,12,17,28H,4-5H2,1-3H3,(H2,23,26)(H,25,27). The zero-order valence-corrected chi connectivity index (χ0v) is 17.7. The molecular weight excluding hydrogens is 399 g/mol. The summed E-state index contributed by atoms with van der Waals surface area (Å²) in [5.74, 6) is -0.456. The molecule has 0 bridgehead atoms. The maximum absolute atomic E-state index is 14.5. The normalized spacial score (nSPS) is 13.9. The zero-order chi connectivity index (χ0) is 20.8. The van der Waals surface area contributed by atoms with E-state index in [1.165, 1.54) is 18.3 Å². The van der Waals surface area contributed by atoms with Crippen LogP contribution in [0.5, 0.6) is 0 Å². The Kier molecular flexibility index (Phi) is 7.83. The number of aromatic nitrogens is 1. The van der Waals surface area contributed by atoms with Gasteiger partial charge in [0.2, 0.25) is 0 Å². The molecule has 28 heavy (non-hydrogen) atoms. The highest BCUT2D eigenvalue weighted by molar-refractivity contribution is 7.81. The predicted octanol–water partition coefficient (Wildman–Crippen LogP) is 4.95. The number of carbonyl (C=O) groups excluding carboxylic acids is 1. The van der Waals surface area contributed by atoms with E-state index in [-0.39, 0.29) is 10.9 Å². The smallest absolute Gasteiger partial charge is 0.274 e. The Hall–Kier alpha value is -2.12. The lowest BCUT2D eigenvalue weighted by atomic mass is 10.0. The van der Waals surface area contributed by atoms with Crippen molar-refractivity contribution in [2.75, 3.05) is 5.32 Å². The second kappa shape index (κ2) is 9.89. The van der Waals surface area contributed by atoms with Crippen LogP contribution in [0.2, 0.25) is 5.02 Å². The van der Waals surface area contributed by atoms with Gasteiger partial charge in [0.05, 0.1) is 16.3 Å². The molecule has 0 saturated carbocycles. The van der Waals surface area contributed by atoms with Gasteiger partial charge in [-0.25, -0.2) is 9.37 Å². The number of carbonyl (C=O) groups is 1. The van der Waals surface area contributed by atoms with Crippen molar-refractivity contribution >= 4 is 41.7 Å². The van der Waals surface area contributed by atoms with Crippen LogP contribution in [0.3, 0.4) is 0 Å². The van der Waals surface area contributed by atoms with Gasteiger partial charge in [0.25, 0.3) is 5.91 Å². The van der Waals surface area contributed by atoms with E-state index < -0.39 is 17.8 Å². The average molecular weight is 423 g/mol. The van der Waals surface area contributed by atoms with Gasteiger partial charge in [-0.15, -0.1) is 0 Å². The van der Waals surface area contributed by atoms with Crippen molar-refractivity contribution in [1.82, 2.24) is 4.98 Å². The van der Waals surface area contributed by atoms with Gasteiger partial charge in [-0.2, -0.15) is 12.6 Å². The lowest BCUT2D eigenvalue weighted by Gasteiger charge is -2.17. The van der Waals surface area contributed by atoms with Gasteiger partial charge in [-0.05, 0) is 50.1 Å². The van der Waals surface area contributed by atoms with E-state index in [4.69, 9.17) is 17.3 Å². The summed E-state index contributed by atoms with van der Waals surface area (Å²) in [6.07, 6.45) is 2.83. The molecule has 0 fully saturated rings. The van der Waals surface area contributed by atoms with Crippen LogP contribution in [0.15, 0.2) is 35.5 Å². The molecule has 150 valence electrons. The van der Waals surface area contributed by atoms with Crippen LogP contribution in [0.4, 0.5) is 10.1 Å². The molecule has 0 saturated heterocycles. The number of pyridine rings is 1. The SMILES string of the molecule is CCCC(N=C(N)C(C)S)c1cc(NC(=O)c2ncc(Cl)cc2C)ccc1F. The monoisotopic (exact) mass is 422 g/mol. The van der Waals surface area contributed by atoms with E-state index >= 15 is 0 Å². The van der Waals surface area contributed by atoms with Crippen LogP contribution < -0.4 is 11.1 Å². The number of amides is 1. The number of halogens is 2. The van der Waals surface area contributed by atoms with E-state index in [9.17, 15) is 9.18 Å². The first-order valence-electron chi connectivity index (χ1n) is 8.97. The van der Waals surface area contributed by atoms with Gasteiger partial charge in [0.15, 0.2) is 0 Å². The number of nitrogens with one attached hydrogen (secondary N) is 1.